The Bertz CT molecular complexity index is 451. The van der Waals surface area contributed by atoms with E-state index in [1.165, 1.54) is 0 Å². The number of ketones is 1. The minimum absolute atomic E-state index is 0.0219. The molecule has 0 saturated carbocycles. The Morgan fingerprint density at radius 1 is 1.26 bits per heavy atom. The zero-order valence-electron chi connectivity index (χ0n) is 11.4. The second-order valence-corrected chi connectivity index (χ2v) is 4.50. The molecule has 1 aromatic carbocycles. The van der Waals surface area contributed by atoms with Crippen molar-refractivity contribution in [3.63, 3.8) is 0 Å². The van der Waals surface area contributed by atoms with E-state index >= 15 is 0 Å². The van der Waals surface area contributed by atoms with Crippen LogP contribution in [0.2, 0.25) is 0 Å². The molecule has 1 rings (SSSR count). The fourth-order valence-electron chi connectivity index (χ4n) is 1.74. The van der Waals surface area contributed by atoms with Crippen molar-refractivity contribution in [2.75, 3.05) is 6.61 Å². The van der Waals surface area contributed by atoms with Gasteiger partial charge in [0.15, 0.2) is 5.78 Å². The number of hydrogen-bond donors (Lipinski definition) is 1. The van der Waals surface area contributed by atoms with E-state index in [9.17, 15) is 9.59 Å². The van der Waals surface area contributed by atoms with E-state index < -0.39 is 5.97 Å². The first-order valence-corrected chi connectivity index (χ1v) is 6.53. The molecule has 104 valence electrons. The third kappa shape index (κ3) is 5.12. The number of aryl methyl sites for hydroxylation is 1. The van der Waals surface area contributed by atoms with Crippen LogP contribution < -0.4 is 4.74 Å². The van der Waals surface area contributed by atoms with Crippen molar-refractivity contribution >= 4 is 11.8 Å². The monoisotopic (exact) mass is 264 g/mol. The highest BCUT2D eigenvalue weighted by Gasteiger charge is 2.09. The number of benzene rings is 1. The Hall–Kier alpha value is -1.84. The molecule has 0 heterocycles. The summed E-state index contributed by atoms with van der Waals surface area (Å²) in [6.07, 6.45) is 1.61. The van der Waals surface area contributed by atoms with Gasteiger partial charge in [0, 0.05) is 18.4 Å². The molecule has 0 bridgehead atoms. The molecule has 0 atom stereocenters. The summed E-state index contributed by atoms with van der Waals surface area (Å²) < 4.78 is 5.54. The van der Waals surface area contributed by atoms with Gasteiger partial charge in [0.25, 0.3) is 0 Å². The summed E-state index contributed by atoms with van der Waals surface area (Å²) >= 11 is 0. The van der Waals surface area contributed by atoms with E-state index in [4.69, 9.17) is 9.84 Å². The Kier molecular flexibility index (Phi) is 6.06. The topological polar surface area (TPSA) is 63.6 Å². The van der Waals surface area contributed by atoms with Gasteiger partial charge in [0.2, 0.25) is 0 Å². The van der Waals surface area contributed by atoms with Crippen molar-refractivity contribution < 1.29 is 19.4 Å². The maximum atomic E-state index is 11.9. The van der Waals surface area contributed by atoms with E-state index in [0.717, 1.165) is 17.7 Å². The summed E-state index contributed by atoms with van der Waals surface area (Å²) in [5.41, 5.74) is 1.55. The molecule has 0 saturated heterocycles. The summed E-state index contributed by atoms with van der Waals surface area (Å²) in [6.45, 7) is 4.60. The van der Waals surface area contributed by atoms with Crippen LogP contribution in [-0.2, 0) is 4.79 Å². The lowest BCUT2D eigenvalue weighted by molar-refractivity contribution is -0.137. The summed E-state index contributed by atoms with van der Waals surface area (Å²) in [5, 5.41) is 8.53. The maximum Gasteiger partial charge on any atom is 0.303 e. The first-order valence-electron chi connectivity index (χ1n) is 6.53. The standard InChI is InChI=1S/C15H20O4/c1-3-9-19-14-8-7-12(10-11(14)2)13(16)5-4-6-15(17)18/h7-8,10H,3-6,9H2,1-2H3,(H,17,18). The van der Waals surface area contributed by atoms with E-state index in [1.807, 2.05) is 13.8 Å². The fourth-order valence-corrected chi connectivity index (χ4v) is 1.74. The van der Waals surface area contributed by atoms with Crippen molar-refractivity contribution in [3.8, 4) is 5.75 Å². The Balaban J connectivity index is 2.61. The molecule has 1 N–H and O–H groups in total. The molecule has 0 aromatic heterocycles. The number of carbonyl (C=O) groups excluding carboxylic acids is 1. The molecule has 0 fully saturated rings. The van der Waals surface area contributed by atoms with Gasteiger partial charge in [-0.25, -0.2) is 0 Å². The van der Waals surface area contributed by atoms with E-state index in [0.29, 0.717) is 18.6 Å². The highest BCUT2D eigenvalue weighted by atomic mass is 16.5. The van der Waals surface area contributed by atoms with E-state index in [2.05, 4.69) is 0 Å². The molecule has 0 aliphatic rings. The Morgan fingerprint density at radius 2 is 2.00 bits per heavy atom. The molecule has 0 radical (unpaired) electrons. The van der Waals surface area contributed by atoms with Gasteiger partial charge in [-0.1, -0.05) is 6.92 Å². The summed E-state index contributed by atoms with van der Waals surface area (Å²) in [7, 11) is 0. The van der Waals surface area contributed by atoms with Crippen LogP contribution in [0.15, 0.2) is 18.2 Å². The number of Topliss-reactive ketones (excluding diaryl/α,β-unsaturated/α-hetero) is 1. The van der Waals surface area contributed by atoms with Gasteiger partial charge in [-0.2, -0.15) is 0 Å². The van der Waals surface area contributed by atoms with E-state index in [-0.39, 0.29) is 18.6 Å². The largest absolute Gasteiger partial charge is 0.493 e. The molecule has 0 aliphatic carbocycles. The van der Waals surface area contributed by atoms with Crippen LogP contribution in [0, 0.1) is 6.92 Å². The molecular formula is C15H20O4. The molecule has 1 aromatic rings. The molecule has 0 spiro atoms. The second-order valence-electron chi connectivity index (χ2n) is 4.50. The maximum absolute atomic E-state index is 11.9. The van der Waals surface area contributed by atoms with Gasteiger partial charge in [-0.15, -0.1) is 0 Å². The summed E-state index contributed by atoms with van der Waals surface area (Å²) in [5.74, 6) is -0.0948. The lowest BCUT2D eigenvalue weighted by Crippen LogP contribution is -2.03. The van der Waals surface area contributed by atoms with Crippen molar-refractivity contribution in [3.05, 3.63) is 29.3 Å². The van der Waals surface area contributed by atoms with Gasteiger partial charge in [-0.3, -0.25) is 9.59 Å². The zero-order valence-corrected chi connectivity index (χ0v) is 11.4. The predicted octanol–water partition coefficient (Wildman–Crippen LogP) is 3.22. The molecule has 4 heteroatoms. The SMILES string of the molecule is CCCOc1ccc(C(=O)CCCC(=O)O)cc1C. The number of rotatable bonds is 8. The summed E-state index contributed by atoms with van der Waals surface area (Å²) in [4.78, 5) is 22.3. The van der Waals surface area contributed by atoms with Crippen molar-refractivity contribution in [1.82, 2.24) is 0 Å². The van der Waals surface area contributed by atoms with Crippen LogP contribution in [0.1, 0.15) is 48.5 Å². The van der Waals surface area contributed by atoms with Gasteiger partial charge >= 0.3 is 5.97 Å². The lowest BCUT2D eigenvalue weighted by atomic mass is 10.0. The van der Waals surface area contributed by atoms with Crippen LogP contribution in [0.25, 0.3) is 0 Å². The van der Waals surface area contributed by atoms with Crippen LogP contribution in [0.3, 0.4) is 0 Å². The van der Waals surface area contributed by atoms with Crippen LogP contribution in [0.4, 0.5) is 0 Å². The number of carbonyl (C=O) groups is 2. The highest BCUT2D eigenvalue weighted by Crippen LogP contribution is 2.20. The number of aliphatic carboxylic acids is 1. The third-order valence-corrected chi connectivity index (χ3v) is 2.75. The molecule has 4 nitrogen and oxygen atoms in total. The molecule has 0 amide bonds. The Labute approximate surface area is 113 Å². The summed E-state index contributed by atoms with van der Waals surface area (Å²) in [6, 6.07) is 5.34. The molecule has 0 unspecified atom stereocenters. The lowest BCUT2D eigenvalue weighted by Gasteiger charge is -2.09. The molecule has 0 aliphatic heterocycles. The van der Waals surface area contributed by atoms with Crippen molar-refractivity contribution in [2.45, 2.75) is 39.5 Å². The average Bonchev–Trinajstić information content (AvgIpc) is 2.36. The predicted molar refractivity (Wildman–Crippen MR) is 72.8 cm³/mol. The first-order chi connectivity index (χ1) is 9.04. The fraction of sp³-hybridized carbons (Fsp3) is 0.467. The van der Waals surface area contributed by atoms with Crippen molar-refractivity contribution in [2.24, 2.45) is 0 Å². The van der Waals surface area contributed by atoms with Crippen LogP contribution >= 0.6 is 0 Å². The quantitative estimate of drug-likeness (QED) is 0.732. The van der Waals surface area contributed by atoms with Crippen LogP contribution in [-0.4, -0.2) is 23.5 Å². The number of ether oxygens (including phenoxy) is 1. The highest BCUT2D eigenvalue weighted by molar-refractivity contribution is 5.96. The number of carboxylic acid groups (broad SMARTS) is 1. The minimum atomic E-state index is -0.868. The molecular weight excluding hydrogens is 244 g/mol. The smallest absolute Gasteiger partial charge is 0.303 e. The molecule has 19 heavy (non-hydrogen) atoms. The normalized spacial score (nSPS) is 10.2. The average molecular weight is 264 g/mol. The Morgan fingerprint density at radius 3 is 2.58 bits per heavy atom. The van der Waals surface area contributed by atoms with Gasteiger partial charge in [0.1, 0.15) is 5.75 Å². The zero-order chi connectivity index (χ0) is 14.3. The van der Waals surface area contributed by atoms with E-state index in [1.54, 1.807) is 18.2 Å². The van der Waals surface area contributed by atoms with Gasteiger partial charge in [0.05, 0.1) is 6.61 Å². The second kappa shape index (κ2) is 7.56. The van der Waals surface area contributed by atoms with Crippen LogP contribution in [0.5, 0.6) is 5.75 Å². The number of hydrogen-bond acceptors (Lipinski definition) is 3. The van der Waals surface area contributed by atoms with Gasteiger partial charge in [-0.05, 0) is 43.5 Å². The first kappa shape index (κ1) is 15.2. The number of carboxylic acids is 1. The van der Waals surface area contributed by atoms with Crippen molar-refractivity contribution in [1.29, 1.82) is 0 Å². The third-order valence-electron chi connectivity index (χ3n) is 2.75. The van der Waals surface area contributed by atoms with Gasteiger partial charge < -0.3 is 9.84 Å². The minimum Gasteiger partial charge on any atom is -0.493 e.